The van der Waals surface area contributed by atoms with Crippen LogP contribution in [0, 0.1) is 11.8 Å². The molecule has 0 radical (unpaired) electrons. The largest absolute Gasteiger partial charge is 0.487 e. The van der Waals surface area contributed by atoms with Gasteiger partial charge in [-0.1, -0.05) is 48.4 Å². The lowest BCUT2D eigenvalue weighted by Gasteiger charge is -2.04. The van der Waals surface area contributed by atoms with Crippen LogP contribution in [-0.2, 0) is 6.61 Å². The molecule has 0 aliphatic carbocycles. The Balaban J connectivity index is 1.70. The van der Waals surface area contributed by atoms with Gasteiger partial charge >= 0.3 is 0 Å². The fourth-order valence-corrected chi connectivity index (χ4v) is 2.60. The van der Waals surface area contributed by atoms with Crippen LogP contribution in [0.25, 0.3) is 5.65 Å². The monoisotopic (exact) mass is 324 g/mol. The van der Waals surface area contributed by atoms with Crippen LogP contribution in [0.15, 0.2) is 85.1 Å². The molecule has 3 nitrogen and oxygen atoms in total. The lowest BCUT2D eigenvalue weighted by Crippen LogP contribution is -1.99. The zero-order valence-electron chi connectivity index (χ0n) is 13.6. The predicted molar refractivity (Wildman–Crippen MR) is 98.4 cm³/mol. The Morgan fingerprint density at radius 3 is 2.32 bits per heavy atom. The first-order chi connectivity index (χ1) is 12.4. The molecule has 3 heteroatoms. The van der Waals surface area contributed by atoms with E-state index < -0.39 is 0 Å². The van der Waals surface area contributed by atoms with Gasteiger partial charge in [0.15, 0.2) is 0 Å². The zero-order valence-corrected chi connectivity index (χ0v) is 13.6. The second kappa shape index (κ2) is 6.94. The molecule has 0 atom stereocenters. The molecule has 0 aliphatic rings. The standard InChI is InChI=1S/C22H16N2O/c1-3-9-18(10-4-1)14-15-21-20(17-25-19-11-5-2-6-12-19)23-22-13-7-8-16-24(21)22/h1-13,16H,17H2. The average Bonchev–Trinajstić information content (AvgIpc) is 3.04. The minimum atomic E-state index is 0.379. The zero-order chi connectivity index (χ0) is 16.9. The van der Waals surface area contributed by atoms with Crippen molar-refractivity contribution >= 4 is 5.65 Å². The number of nitrogens with zero attached hydrogens (tertiary/aromatic N) is 2. The van der Waals surface area contributed by atoms with E-state index in [0.717, 1.165) is 28.3 Å². The van der Waals surface area contributed by atoms with E-state index in [0.29, 0.717) is 6.61 Å². The molecule has 2 aromatic heterocycles. The molecule has 0 fully saturated rings. The summed E-state index contributed by atoms with van der Waals surface area (Å²) in [6.45, 7) is 0.379. The van der Waals surface area contributed by atoms with E-state index in [2.05, 4.69) is 16.8 Å². The number of hydrogen-bond acceptors (Lipinski definition) is 2. The van der Waals surface area contributed by atoms with E-state index in [1.807, 2.05) is 89.5 Å². The van der Waals surface area contributed by atoms with E-state index in [1.54, 1.807) is 0 Å². The minimum Gasteiger partial charge on any atom is -0.487 e. The van der Waals surface area contributed by atoms with Gasteiger partial charge in [-0.25, -0.2) is 4.98 Å². The van der Waals surface area contributed by atoms with Crippen LogP contribution in [0.4, 0.5) is 0 Å². The Morgan fingerprint density at radius 1 is 0.800 bits per heavy atom. The topological polar surface area (TPSA) is 26.5 Å². The SMILES string of the molecule is C(#Cc1c(COc2ccccc2)nc2ccccn12)c1ccccc1. The highest BCUT2D eigenvalue weighted by molar-refractivity contribution is 5.50. The van der Waals surface area contributed by atoms with Gasteiger partial charge in [-0.3, -0.25) is 4.40 Å². The number of ether oxygens (including phenoxy) is 1. The molecule has 120 valence electrons. The average molecular weight is 324 g/mol. The first-order valence-corrected chi connectivity index (χ1v) is 8.11. The van der Waals surface area contributed by atoms with Crippen molar-refractivity contribution in [1.29, 1.82) is 0 Å². The van der Waals surface area contributed by atoms with Gasteiger partial charge in [0, 0.05) is 11.8 Å². The second-order valence-corrected chi connectivity index (χ2v) is 5.55. The third-order valence-corrected chi connectivity index (χ3v) is 3.82. The predicted octanol–water partition coefficient (Wildman–Crippen LogP) is 4.31. The van der Waals surface area contributed by atoms with E-state index in [-0.39, 0.29) is 0 Å². The normalized spacial score (nSPS) is 10.2. The summed E-state index contributed by atoms with van der Waals surface area (Å²) in [6, 6.07) is 25.6. The first-order valence-electron chi connectivity index (χ1n) is 8.11. The second-order valence-electron chi connectivity index (χ2n) is 5.55. The number of para-hydroxylation sites is 1. The number of imidazole rings is 1. The summed E-state index contributed by atoms with van der Waals surface area (Å²) in [5, 5.41) is 0. The number of pyridine rings is 1. The van der Waals surface area contributed by atoms with Gasteiger partial charge in [-0.15, -0.1) is 0 Å². The van der Waals surface area contributed by atoms with Crippen LogP contribution in [0.5, 0.6) is 5.75 Å². The molecule has 25 heavy (non-hydrogen) atoms. The van der Waals surface area contributed by atoms with E-state index in [1.165, 1.54) is 0 Å². The quantitative estimate of drug-likeness (QED) is 0.525. The molecule has 0 N–H and O–H groups in total. The maximum absolute atomic E-state index is 5.87. The van der Waals surface area contributed by atoms with Crippen molar-refractivity contribution in [2.75, 3.05) is 0 Å². The summed E-state index contributed by atoms with van der Waals surface area (Å²) < 4.78 is 7.87. The number of aromatic nitrogens is 2. The van der Waals surface area contributed by atoms with Gasteiger partial charge in [-0.2, -0.15) is 0 Å². The minimum absolute atomic E-state index is 0.379. The van der Waals surface area contributed by atoms with Crippen LogP contribution in [0.1, 0.15) is 17.0 Å². The molecule has 0 amide bonds. The molecule has 0 unspecified atom stereocenters. The summed E-state index contributed by atoms with van der Waals surface area (Å²) in [5.74, 6) is 7.29. The smallest absolute Gasteiger partial charge is 0.138 e. The number of hydrogen-bond donors (Lipinski definition) is 0. The summed E-state index contributed by atoms with van der Waals surface area (Å²) >= 11 is 0. The lowest BCUT2D eigenvalue weighted by molar-refractivity contribution is 0.301. The molecular formula is C22H16N2O. The Hall–Kier alpha value is -3.51. The Labute approximate surface area is 146 Å². The van der Waals surface area contributed by atoms with Crippen molar-refractivity contribution in [3.05, 3.63) is 102 Å². The van der Waals surface area contributed by atoms with Crippen LogP contribution in [0.2, 0.25) is 0 Å². The van der Waals surface area contributed by atoms with E-state index >= 15 is 0 Å². The molecule has 0 saturated carbocycles. The molecule has 4 rings (SSSR count). The summed E-state index contributed by atoms with van der Waals surface area (Å²) in [6.07, 6.45) is 1.98. The highest BCUT2D eigenvalue weighted by Crippen LogP contribution is 2.16. The van der Waals surface area contributed by atoms with Crippen LogP contribution in [0.3, 0.4) is 0 Å². The van der Waals surface area contributed by atoms with Crippen molar-refractivity contribution in [2.24, 2.45) is 0 Å². The molecule has 2 aromatic carbocycles. The Morgan fingerprint density at radius 2 is 1.52 bits per heavy atom. The van der Waals surface area contributed by atoms with Crippen molar-refractivity contribution in [3.63, 3.8) is 0 Å². The lowest BCUT2D eigenvalue weighted by atomic mass is 10.2. The summed E-state index contributed by atoms with van der Waals surface area (Å²) in [4.78, 5) is 4.68. The molecule has 2 heterocycles. The highest BCUT2D eigenvalue weighted by atomic mass is 16.5. The van der Waals surface area contributed by atoms with E-state index in [4.69, 9.17) is 4.74 Å². The van der Waals surface area contributed by atoms with Gasteiger partial charge in [0.25, 0.3) is 0 Å². The molecule has 0 aliphatic heterocycles. The van der Waals surface area contributed by atoms with Gasteiger partial charge in [-0.05, 0) is 42.3 Å². The fourth-order valence-electron chi connectivity index (χ4n) is 2.60. The third-order valence-electron chi connectivity index (χ3n) is 3.82. The van der Waals surface area contributed by atoms with Gasteiger partial charge < -0.3 is 4.74 Å². The van der Waals surface area contributed by atoms with E-state index in [9.17, 15) is 0 Å². The number of benzene rings is 2. The van der Waals surface area contributed by atoms with Crippen molar-refractivity contribution in [3.8, 4) is 17.6 Å². The maximum Gasteiger partial charge on any atom is 0.138 e. The van der Waals surface area contributed by atoms with Crippen molar-refractivity contribution in [1.82, 2.24) is 9.38 Å². The molecule has 4 aromatic rings. The molecule has 0 saturated heterocycles. The first kappa shape index (κ1) is 15.0. The van der Waals surface area contributed by atoms with Gasteiger partial charge in [0.1, 0.15) is 29.4 Å². The van der Waals surface area contributed by atoms with Gasteiger partial charge in [0.2, 0.25) is 0 Å². The van der Waals surface area contributed by atoms with Crippen molar-refractivity contribution in [2.45, 2.75) is 6.61 Å². The molecular weight excluding hydrogens is 308 g/mol. The highest BCUT2D eigenvalue weighted by Gasteiger charge is 2.10. The van der Waals surface area contributed by atoms with Crippen LogP contribution < -0.4 is 4.74 Å². The van der Waals surface area contributed by atoms with Crippen LogP contribution in [-0.4, -0.2) is 9.38 Å². The molecule has 0 bridgehead atoms. The maximum atomic E-state index is 5.87. The number of fused-ring (bicyclic) bond motifs is 1. The van der Waals surface area contributed by atoms with Gasteiger partial charge in [0.05, 0.1) is 0 Å². The Bertz CT molecular complexity index is 1040. The Kier molecular flexibility index (Phi) is 4.18. The fraction of sp³-hybridized carbons (Fsp3) is 0.0455. The summed E-state index contributed by atoms with van der Waals surface area (Å²) in [7, 11) is 0. The number of rotatable bonds is 3. The third kappa shape index (κ3) is 3.39. The molecule has 0 spiro atoms. The van der Waals surface area contributed by atoms with Crippen LogP contribution >= 0.6 is 0 Å². The summed E-state index contributed by atoms with van der Waals surface area (Å²) in [5.41, 5.74) is 3.53. The van der Waals surface area contributed by atoms with Crippen molar-refractivity contribution < 1.29 is 4.74 Å².